The molecule has 0 spiro atoms. The highest BCUT2D eigenvalue weighted by molar-refractivity contribution is 7.89. The third-order valence-corrected chi connectivity index (χ3v) is 5.84. The third-order valence-electron chi connectivity index (χ3n) is 2.78. The maximum Gasteiger partial charge on any atom is 0.241 e. The molecule has 0 atom stereocenters. The molecule has 108 valence electrons. The van der Waals surface area contributed by atoms with Crippen LogP contribution in [0.25, 0.3) is 0 Å². The van der Waals surface area contributed by atoms with Crippen LogP contribution in [0.3, 0.4) is 0 Å². The summed E-state index contributed by atoms with van der Waals surface area (Å²) in [6.45, 7) is 1.69. The first-order chi connectivity index (χ1) is 9.44. The molecule has 0 saturated heterocycles. The lowest BCUT2D eigenvalue weighted by molar-refractivity contribution is 0.285. The molecule has 0 saturated carbocycles. The minimum atomic E-state index is -3.60. The van der Waals surface area contributed by atoms with Crippen molar-refractivity contribution in [2.45, 2.75) is 25.0 Å². The molecule has 0 aliphatic carbocycles. The van der Waals surface area contributed by atoms with Gasteiger partial charge in [0, 0.05) is 21.3 Å². The van der Waals surface area contributed by atoms with E-state index in [1.807, 2.05) is 0 Å². The fourth-order valence-electron chi connectivity index (χ4n) is 1.76. The lowest BCUT2D eigenvalue weighted by Crippen LogP contribution is -2.23. The van der Waals surface area contributed by atoms with Crippen molar-refractivity contribution in [2.75, 3.05) is 0 Å². The second kappa shape index (κ2) is 6.24. The molecule has 0 fully saturated rings. The molecule has 2 N–H and O–H groups in total. The summed E-state index contributed by atoms with van der Waals surface area (Å²) in [4.78, 5) is 1.49. The largest absolute Gasteiger partial charge is 0.391 e. The van der Waals surface area contributed by atoms with Crippen molar-refractivity contribution in [3.05, 3.63) is 50.7 Å². The maximum absolute atomic E-state index is 12.2. The van der Waals surface area contributed by atoms with E-state index in [4.69, 9.17) is 16.7 Å². The van der Waals surface area contributed by atoms with E-state index in [2.05, 4.69) is 4.72 Å². The zero-order chi connectivity index (χ0) is 14.8. The number of aliphatic hydroxyl groups is 1. The van der Waals surface area contributed by atoms with Crippen LogP contribution in [0.4, 0.5) is 0 Å². The second-order valence-electron chi connectivity index (χ2n) is 4.21. The lowest BCUT2D eigenvalue weighted by atomic mass is 10.2. The Balaban J connectivity index is 2.19. The summed E-state index contributed by atoms with van der Waals surface area (Å²) in [6, 6.07) is 8.57. The first-order valence-corrected chi connectivity index (χ1v) is 8.55. The molecule has 4 nitrogen and oxygen atoms in total. The average Bonchev–Trinajstić information content (AvgIpc) is 2.80. The monoisotopic (exact) mass is 331 g/mol. The van der Waals surface area contributed by atoms with Gasteiger partial charge in [0.15, 0.2) is 0 Å². The van der Waals surface area contributed by atoms with E-state index in [1.54, 1.807) is 31.2 Å². The Morgan fingerprint density at radius 2 is 2.05 bits per heavy atom. The van der Waals surface area contributed by atoms with Crippen LogP contribution in [-0.4, -0.2) is 13.5 Å². The van der Waals surface area contributed by atoms with Gasteiger partial charge in [0.2, 0.25) is 10.0 Å². The van der Waals surface area contributed by atoms with Gasteiger partial charge in [-0.05, 0) is 24.6 Å². The number of thiophene rings is 1. The molecule has 0 aliphatic heterocycles. The van der Waals surface area contributed by atoms with E-state index >= 15 is 0 Å². The summed E-state index contributed by atoms with van der Waals surface area (Å²) in [7, 11) is -3.60. The lowest BCUT2D eigenvalue weighted by Gasteiger charge is -2.07. The van der Waals surface area contributed by atoms with E-state index in [9.17, 15) is 8.42 Å². The molecule has 0 amide bonds. The SMILES string of the molecule is Cc1sc(CO)cc1S(=O)(=O)NCc1ccccc1Cl. The number of rotatable bonds is 5. The van der Waals surface area contributed by atoms with E-state index in [0.717, 1.165) is 0 Å². The Morgan fingerprint density at radius 3 is 2.65 bits per heavy atom. The van der Waals surface area contributed by atoms with E-state index < -0.39 is 10.0 Å². The molecule has 2 aromatic rings. The average molecular weight is 332 g/mol. The van der Waals surface area contributed by atoms with Crippen molar-refractivity contribution in [3.8, 4) is 0 Å². The molecule has 1 heterocycles. The minimum absolute atomic E-state index is 0.131. The van der Waals surface area contributed by atoms with Gasteiger partial charge >= 0.3 is 0 Å². The number of hydrogen-bond donors (Lipinski definition) is 2. The Labute approximate surface area is 127 Å². The number of benzene rings is 1. The Bertz CT molecular complexity index is 710. The molecule has 0 radical (unpaired) electrons. The highest BCUT2D eigenvalue weighted by Gasteiger charge is 2.19. The molecular weight excluding hydrogens is 318 g/mol. The van der Waals surface area contributed by atoms with Crippen LogP contribution < -0.4 is 4.72 Å². The normalized spacial score (nSPS) is 11.8. The molecule has 2 rings (SSSR count). The fourth-order valence-corrected chi connectivity index (χ4v) is 4.46. The number of hydrogen-bond acceptors (Lipinski definition) is 4. The highest BCUT2D eigenvalue weighted by atomic mass is 35.5. The van der Waals surface area contributed by atoms with Gasteiger partial charge in [-0.25, -0.2) is 13.1 Å². The van der Waals surface area contributed by atoms with E-state index in [1.165, 1.54) is 17.4 Å². The summed E-state index contributed by atoms with van der Waals surface area (Å²) in [5, 5.41) is 9.58. The molecule has 0 bridgehead atoms. The number of nitrogens with one attached hydrogen (secondary N) is 1. The number of sulfonamides is 1. The maximum atomic E-state index is 12.2. The highest BCUT2D eigenvalue weighted by Crippen LogP contribution is 2.26. The van der Waals surface area contributed by atoms with Crippen molar-refractivity contribution in [2.24, 2.45) is 0 Å². The zero-order valence-corrected chi connectivity index (χ0v) is 13.1. The Hall–Kier alpha value is -0.920. The molecule has 20 heavy (non-hydrogen) atoms. The Kier molecular flexibility index (Phi) is 4.82. The van der Waals surface area contributed by atoms with Crippen molar-refractivity contribution in [1.82, 2.24) is 4.72 Å². The fraction of sp³-hybridized carbons (Fsp3) is 0.231. The molecule has 0 unspecified atom stereocenters. The van der Waals surface area contributed by atoms with Crippen LogP contribution in [0, 0.1) is 6.92 Å². The summed E-state index contributed by atoms with van der Waals surface area (Å²) >= 11 is 7.26. The van der Waals surface area contributed by atoms with Crippen molar-refractivity contribution in [3.63, 3.8) is 0 Å². The molecule has 1 aromatic carbocycles. The zero-order valence-electron chi connectivity index (χ0n) is 10.8. The predicted molar refractivity (Wildman–Crippen MR) is 80.5 cm³/mol. The van der Waals surface area contributed by atoms with Gasteiger partial charge in [-0.2, -0.15) is 0 Å². The van der Waals surface area contributed by atoms with E-state index in [0.29, 0.717) is 20.3 Å². The van der Waals surface area contributed by atoms with Gasteiger partial charge in [-0.1, -0.05) is 29.8 Å². The molecular formula is C13H14ClNO3S2. The van der Waals surface area contributed by atoms with Crippen LogP contribution in [0.15, 0.2) is 35.2 Å². The quantitative estimate of drug-likeness (QED) is 0.885. The van der Waals surface area contributed by atoms with Gasteiger partial charge in [0.05, 0.1) is 11.5 Å². The topological polar surface area (TPSA) is 66.4 Å². The van der Waals surface area contributed by atoms with E-state index in [-0.39, 0.29) is 18.0 Å². The summed E-state index contributed by atoms with van der Waals surface area (Å²) in [6.07, 6.45) is 0. The Morgan fingerprint density at radius 1 is 1.35 bits per heavy atom. The van der Waals surface area contributed by atoms with Gasteiger partial charge in [0.1, 0.15) is 0 Å². The first kappa shape index (κ1) is 15.5. The van der Waals surface area contributed by atoms with Gasteiger partial charge in [-0.15, -0.1) is 11.3 Å². The number of aliphatic hydroxyl groups excluding tert-OH is 1. The summed E-state index contributed by atoms with van der Waals surface area (Å²) < 4.78 is 27.0. The van der Waals surface area contributed by atoms with Crippen molar-refractivity contribution >= 4 is 33.0 Å². The summed E-state index contributed by atoms with van der Waals surface area (Å²) in [5.74, 6) is 0. The van der Waals surface area contributed by atoms with Crippen molar-refractivity contribution < 1.29 is 13.5 Å². The van der Waals surface area contributed by atoms with Gasteiger partial charge in [0.25, 0.3) is 0 Å². The number of aryl methyl sites for hydroxylation is 1. The molecule has 7 heteroatoms. The number of halogens is 1. The summed E-state index contributed by atoms with van der Waals surface area (Å²) in [5.41, 5.74) is 0.716. The third kappa shape index (κ3) is 3.39. The smallest absolute Gasteiger partial charge is 0.241 e. The van der Waals surface area contributed by atoms with Gasteiger partial charge in [-0.3, -0.25) is 0 Å². The van der Waals surface area contributed by atoms with Crippen LogP contribution in [0.2, 0.25) is 5.02 Å². The standard InChI is InChI=1S/C13H14ClNO3S2/c1-9-13(6-11(8-16)19-9)20(17,18)15-7-10-4-2-3-5-12(10)14/h2-6,15-16H,7-8H2,1H3. The van der Waals surface area contributed by atoms with Crippen LogP contribution >= 0.6 is 22.9 Å². The van der Waals surface area contributed by atoms with Crippen LogP contribution in [0.5, 0.6) is 0 Å². The molecule has 0 aliphatic rings. The van der Waals surface area contributed by atoms with Crippen molar-refractivity contribution in [1.29, 1.82) is 0 Å². The van der Waals surface area contributed by atoms with Crippen LogP contribution in [-0.2, 0) is 23.2 Å². The second-order valence-corrected chi connectivity index (χ2v) is 7.69. The molecule has 1 aromatic heterocycles. The van der Waals surface area contributed by atoms with Gasteiger partial charge < -0.3 is 5.11 Å². The van der Waals surface area contributed by atoms with Crippen LogP contribution in [0.1, 0.15) is 15.3 Å². The minimum Gasteiger partial charge on any atom is -0.391 e. The predicted octanol–water partition coefficient (Wildman–Crippen LogP) is 2.68. The first-order valence-electron chi connectivity index (χ1n) is 5.87.